The first-order chi connectivity index (χ1) is 9.56. The van der Waals surface area contributed by atoms with Gasteiger partial charge < -0.3 is 10.1 Å². The summed E-state index contributed by atoms with van der Waals surface area (Å²) in [4.78, 5) is 24.4. The smallest absolute Gasteiger partial charge is 0.303 e. The van der Waals surface area contributed by atoms with Crippen molar-refractivity contribution in [3.63, 3.8) is 0 Å². The number of hydrogen-bond acceptors (Lipinski definition) is 7. The van der Waals surface area contributed by atoms with Gasteiger partial charge in [-0.1, -0.05) is 0 Å². The van der Waals surface area contributed by atoms with Crippen molar-refractivity contribution in [1.82, 2.24) is 4.98 Å². The predicted molar refractivity (Wildman–Crippen MR) is 67.3 cm³/mol. The Bertz CT molecular complexity index is 746. The van der Waals surface area contributed by atoms with Gasteiger partial charge in [-0.2, -0.15) is 0 Å². The van der Waals surface area contributed by atoms with Gasteiger partial charge in [0.05, 0.1) is 22.0 Å². The Kier molecular flexibility index (Phi) is 2.46. The molecule has 0 amide bonds. The molecule has 0 aliphatic carbocycles. The summed E-state index contributed by atoms with van der Waals surface area (Å²) in [7, 11) is 0. The number of nitrogens with zero attached hydrogens (tertiary/aromatic N) is 3. The Hall–Kier alpha value is -3.23. The van der Waals surface area contributed by atoms with Crippen LogP contribution in [0.5, 0.6) is 11.5 Å². The summed E-state index contributed by atoms with van der Waals surface area (Å²) in [6.07, 6.45) is 1.50. The Morgan fingerprint density at radius 1 is 1.15 bits per heavy atom. The van der Waals surface area contributed by atoms with Crippen molar-refractivity contribution in [2.24, 2.45) is 0 Å². The summed E-state index contributed by atoms with van der Waals surface area (Å²) < 4.78 is 5.43. The average molecular weight is 274 g/mol. The highest BCUT2D eigenvalue weighted by atomic mass is 16.6. The zero-order valence-corrected chi connectivity index (χ0v) is 9.77. The molecule has 1 aliphatic rings. The number of nitro benzene ring substituents is 2. The van der Waals surface area contributed by atoms with Crippen LogP contribution >= 0.6 is 0 Å². The number of nitro groups is 2. The highest BCUT2D eigenvalue weighted by molar-refractivity contribution is 5.82. The molecule has 0 atom stereocenters. The van der Waals surface area contributed by atoms with Crippen LogP contribution in [0.25, 0.3) is 0 Å². The number of nitrogens with one attached hydrogen (secondary N) is 1. The van der Waals surface area contributed by atoms with E-state index in [9.17, 15) is 20.2 Å². The fourth-order valence-corrected chi connectivity index (χ4v) is 1.85. The lowest BCUT2D eigenvalue weighted by Gasteiger charge is -2.19. The number of non-ortho nitro benzene ring substituents is 1. The highest BCUT2D eigenvalue weighted by Crippen LogP contribution is 2.47. The number of anilines is 2. The molecule has 0 saturated heterocycles. The minimum Gasteiger partial charge on any atom is -0.451 e. The van der Waals surface area contributed by atoms with Crippen LogP contribution in [0.1, 0.15) is 0 Å². The molecule has 9 nitrogen and oxygen atoms in total. The molecule has 20 heavy (non-hydrogen) atoms. The zero-order chi connectivity index (χ0) is 14.3. The Morgan fingerprint density at radius 3 is 2.65 bits per heavy atom. The third-order valence-electron chi connectivity index (χ3n) is 2.71. The van der Waals surface area contributed by atoms with E-state index in [2.05, 4.69) is 10.3 Å². The quantitative estimate of drug-likeness (QED) is 0.563. The molecule has 1 aliphatic heterocycles. The Labute approximate surface area is 111 Å². The third kappa shape index (κ3) is 1.77. The van der Waals surface area contributed by atoms with Crippen LogP contribution in [0, 0.1) is 20.2 Å². The van der Waals surface area contributed by atoms with Crippen molar-refractivity contribution >= 4 is 22.9 Å². The molecule has 1 aromatic heterocycles. The Morgan fingerprint density at radius 2 is 1.95 bits per heavy atom. The molecule has 0 radical (unpaired) electrons. The second-order valence-corrected chi connectivity index (χ2v) is 3.93. The normalized spacial score (nSPS) is 11.6. The topological polar surface area (TPSA) is 120 Å². The number of fused-ring (bicyclic) bond motifs is 2. The molecule has 0 spiro atoms. The largest absolute Gasteiger partial charge is 0.451 e. The summed E-state index contributed by atoms with van der Waals surface area (Å²) in [6.45, 7) is 0. The van der Waals surface area contributed by atoms with Crippen LogP contribution in [-0.4, -0.2) is 14.8 Å². The van der Waals surface area contributed by atoms with E-state index < -0.39 is 21.2 Å². The number of rotatable bonds is 2. The monoisotopic (exact) mass is 274 g/mol. The summed E-state index contributed by atoms with van der Waals surface area (Å²) in [5.74, 6) is 0.679. The number of ether oxygens (including phenoxy) is 1. The lowest BCUT2D eigenvalue weighted by molar-refractivity contribution is -0.393. The molecular weight excluding hydrogens is 268 g/mol. The molecule has 9 heteroatoms. The van der Waals surface area contributed by atoms with Gasteiger partial charge >= 0.3 is 5.69 Å². The maximum atomic E-state index is 11.0. The summed E-state index contributed by atoms with van der Waals surface area (Å²) >= 11 is 0. The van der Waals surface area contributed by atoms with Crippen LogP contribution in [-0.2, 0) is 0 Å². The third-order valence-corrected chi connectivity index (χ3v) is 2.71. The van der Waals surface area contributed by atoms with Gasteiger partial charge in [-0.15, -0.1) is 0 Å². The highest BCUT2D eigenvalue weighted by Gasteiger charge is 2.29. The lowest BCUT2D eigenvalue weighted by Crippen LogP contribution is -2.07. The second kappa shape index (κ2) is 4.16. The minimum absolute atomic E-state index is 0.0198. The van der Waals surface area contributed by atoms with E-state index in [1.807, 2.05) is 0 Å². The van der Waals surface area contributed by atoms with Gasteiger partial charge in [0.1, 0.15) is 0 Å². The minimum atomic E-state index is -0.713. The van der Waals surface area contributed by atoms with E-state index in [-0.39, 0.29) is 11.4 Å². The van der Waals surface area contributed by atoms with Crippen molar-refractivity contribution in [2.75, 3.05) is 5.32 Å². The standard InChI is InChI=1S/C11H6N4O5/c16-14(17)6-4-7(15(18)19)10-9(5-6)20-8-2-1-3-12-11(8)13-10/h1-5H,(H,12,13). The number of benzene rings is 1. The van der Waals surface area contributed by atoms with Crippen molar-refractivity contribution in [1.29, 1.82) is 0 Å². The molecule has 0 fully saturated rings. The summed E-state index contributed by atoms with van der Waals surface area (Å²) in [5.41, 5.74) is -0.804. The number of hydrogen-bond donors (Lipinski definition) is 1. The van der Waals surface area contributed by atoms with Gasteiger partial charge in [0.2, 0.25) is 0 Å². The van der Waals surface area contributed by atoms with Crippen LogP contribution in [0.4, 0.5) is 22.9 Å². The zero-order valence-electron chi connectivity index (χ0n) is 9.77. The SMILES string of the molecule is O=[N+]([O-])c1cc2c(c([N+](=O)[O-])c1)Nc1ncccc1O2. The van der Waals surface area contributed by atoms with E-state index >= 15 is 0 Å². The van der Waals surface area contributed by atoms with Gasteiger partial charge in [0.25, 0.3) is 5.69 Å². The van der Waals surface area contributed by atoms with E-state index in [4.69, 9.17) is 4.74 Å². The second-order valence-electron chi connectivity index (χ2n) is 3.93. The maximum Gasteiger partial charge on any atom is 0.303 e. The van der Waals surface area contributed by atoms with Gasteiger partial charge in [-0.3, -0.25) is 20.2 Å². The molecule has 0 unspecified atom stereocenters. The molecule has 1 N–H and O–H groups in total. The first-order valence-corrected chi connectivity index (χ1v) is 5.43. The van der Waals surface area contributed by atoms with E-state index in [1.165, 1.54) is 6.20 Å². The van der Waals surface area contributed by atoms with Crippen LogP contribution in [0.15, 0.2) is 30.5 Å². The van der Waals surface area contributed by atoms with Crippen LogP contribution < -0.4 is 10.1 Å². The van der Waals surface area contributed by atoms with Gasteiger partial charge in [0.15, 0.2) is 23.0 Å². The van der Waals surface area contributed by atoms with Crippen LogP contribution in [0.2, 0.25) is 0 Å². The van der Waals surface area contributed by atoms with Crippen molar-refractivity contribution in [3.05, 3.63) is 50.7 Å². The van der Waals surface area contributed by atoms with Gasteiger partial charge in [-0.05, 0) is 12.1 Å². The fourth-order valence-electron chi connectivity index (χ4n) is 1.85. The molecule has 0 saturated carbocycles. The maximum absolute atomic E-state index is 11.0. The number of pyridine rings is 1. The molecule has 3 rings (SSSR count). The van der Waals surface area contributed by atoms with Crippen LogP contribution in [0.3, 0.4) is 0 Å². The van der Waals surface area contributed by atoms with Gasteiger partial charge in [0, 0.05) is 6.20 Å². The molecule has 0 bridgehead atoms. The fraction of sp³-hybridized carbons (Fsp3) is 0. The average Bonchev–Trinajstić information content (AvgIpc) is 2.43. The van der Waals surface area contributed by atoms with E-state index in [0.717, 1.165) is 12.1 Å². The van der Waals surface area contributed by atoms with E-state index in [1.54, 1.807) is 12.1 Å². The lowest BCUT2D eigenvalue weighted by atomic mass is 10.2. The molecular formula is C11H6N4O5. The number of aromatic nitrogens is 1. The summed E-state index contributed by atoms with van der Waals surface area (Å²) in [6, 6.07) is 5.23. The first kappa shape index (κ1) is 11.8. The molecule has 1 aromatic carbocycles. The molecule has 2 heterocycles. The van der Waals surface area contributed by atoms with E-state index in [0.29, 0.717) is 11.6 Å². The van der Waals surface area contributed by atoms with Crippen molar-refractivity contribution in [3.8, 4) is 11.5 Å². The molecule has 100 valence electrons. The predicted octanol–water partition coefficient (Wildman–Crippen LogP) is 2.75. The summed E-state index contributed by atoms with van der Waals surface area (Å²) in [5, 5.41) is 24.6. The van der Waals surface area contributed by atoms with Gasteiger partial charge in [-0.25, -0.2) is 4.98 Å². The van der Waals surface area contributed by atoms with Crippen molar-refractivity contribution < 1.29 is 14.6 Å². The van der Waals surface area contributed by atoms with Crippen molar-refractivity contribution in [2.45, 2.75) is 0 Å². The molecule has 2 aromatic rings. The Balaban J connectivity index is 2.19. The first-order valence-electron chi connectivity index (χ1n) is 5.43.